The molecule has 8 nitrogen and oxygen atoms in total. The molecular weight excluding hydrogens is 346 g/mol. The lowest BCUT2D eigenvalue weighted by atomic mass is 10.1. The maximum Gasteiger partial charge on any atom is 0.368 e. The van der Waals surface area contributed by atoms with Gasteiger partial charge in [-0.05, 0) is 65.2 Å². The van der Waals surface area contributed by atoms with E-state index in [1.165, 1.54) is 16.5 Å². The summed E-state index contributed by atoms with van der Waals surface area (Å²) in [4.78, 5) is 16.9. The molecule has 0 radical (unpaired) electrons. The third kappa shape index (κ3) is 3.89. The van der Waals surface area contributed by atoms with Gasteiger partial charge >= 0.3 is 5.69 Å². The lowest BCUT2D eigenvalue weighted by Gasteiger charge is -2.14. The SMILES string of the molecule is CO/N=C\c1ccc(OCc2c(C)cccc2-n2nnn(C)c2=O)c(C)c1. The molecule has 140 valence electrons. The summed E-state index contributed by atoms with van der Waals surface area (Å²) in [6.07, 6.45) is 1.64. The van der Waals surface area contributed by atoms with Crippen LogP contribution in [0.4, 0.5) is 0 Å². The Hall–Kier alpha value is -3.42. The van der Waals surface area contributed by atoms with Gasteiger partial charge < -0.3 is 9.57 Å². The molecule has 0 saturated carbocycles. The Morgan fingerprint density at radius 2 is 1.96 bits per heavy atom. The standard InChI is InChI=1S/C19H21N5O3/c1-13-6-5-7-17(24-19(25)23(3)21-22-24)16(13)12-27-18-9-8-15(10-14(18)2)11-20-26-4/h5-11H,12H2,1-4H3/b20-11-. The fourth-order valence-corrected chi connectivity index (χ4v) is 2.72. The first-order valence-electron chi connectivity index (χ1n) is 8.39. The molecule has 0 fully saturated rings. The predicted molar refractivity (Wildman–Crippen MR) is 101 cm³/mol. The van der Waals surface area contributed by atoms with Gasteiger partial charge in [0, 0.05) is 12.6 Å². The summed E-state index contributed by atoms with van der Waals surface area (Å²) in [5.74, 6) is 0.755. The van der Waals surface area contributed by atoms with Gasteiger partial charge in [-0.1, -0.05) is 17.3 Å². The van der Waals surface area contributed by atoms with E-state index >= 15 is 0 Å². The Kier molecular flexibility index (Phi) is 5.35. The molecule has 1 heterocycles. The number of benzene rings is 2. The summed E-state index contributed by atoms with van der Waals surface area (Å²) in [5.41, 5.74) is 4.14. The van der Waals surface area contributed by atoms with Crippen LogP contribution >= 0.6 is 0 Å². The van der Waals surface area contributed by atoms with Gasteiger partial charge in [0.2, 0.25) is 0 Å². The first-order chi connectivity index (χ1) is 13.0. The monoisotopic (exact) mass is 367 g/mol. The van der Waals surface area contributed by atoms with E-state index in [0.29, 0.717) is 12.3 Å². The van der Waals surface area contributed by atoms with Crippen LogP contribution in [0.2, 0.25) is 0 Å². The number of hydrogen-bond donors (Lipinski definition) is 0. The summed E-state index contributed by atoms with van der Waals surface area (Å²) >= 11 is 0. The van der Waals surface area contributed by atoms with Crippen molar-refractivity contribution < 1.29 is 9.57 Å². The summed E-state index contributed by atoms with van der Waals surface area (Å²) in [6.45, 7) is 4.24. The van der Waals surface area contributed by atoms with Gasteiger partial charge in [-0.2, -0.15) is 9.36 Å². The van der Waals surface area contributed by atoms with Crippen molar-refractivity contribution >= 4 is 6.21 Å². The zero-order chi connectivity index (χ0) is 19.4. The van der Waals surface area contributed by atoms with Gasteiger partial charge in [0.05, 0.1) is 11.9 Å². The Morgan fingerprint density at radius 3 is 2.63 bits per heavy atom. The molecule has 0 atom stereocenters. The van der Waals surface area contributed by atoms with Crippen LogP contribution in [0, 0.1) is 13.8 Å². The first-order valence-corrected chi connectivity index (χ1v) is 8.39. The van der Waals surface area contributed by atoms with E-state index in [1.807, 2.05) is 50.2 Å². The number of hydrogen-bond acceptors (Lipinski definition) is 6. The van der Waals surface area contributed by atoms with Crippen molar-refractivity contribution in [3.05, 3.63) is 69.1 Å². The molecule has 0 spiro atoms. The molecule has 0 saturated heterocycles. The fraction of sp³-hybridized carbons (Fsp3) is 0.263. The van der Waals surface area contributed by atoms with Crippen LogP contribution in [0.15, 0.2) is 46.3 Å². The average molecular weight is 367 g/mol. The zero-order valence-corrected chi connectivity index (χ0v) is 15.7. The summed E-state index contributed by atoms with van der Waals surface area (Å²) in [5, 5.41) is 11.5. The number of rotatable bonds is 6. The highest BCUT2D eigenvalue weighted by Gasteiger charge is 2.14. The minimum atomic E-state index is -0.306. The average Bonchev–Trinajstić information content (AvgIpc) is 2.99. The molecule has 0 aliphatic rings. The molecule has 27 heavy (non-hydrogen) atoms. The number of ether oxygens (including phenoxy) is 1. The first kappa shape index (κ1) is 18.4. The van der Waals surface area contributed by atoms with Gasteiger partial charge in [-0.15, -0.1) is 0 Å². The van der Waals surface area contributed by atoms with Crippen molar-refractivity contribution in [3.8, 4) is 11.4 Å². The van der Waals surface area contributed by atoms with Gasteiger partial charge in [0.15, 0.2) is 0 Å². The summed E-state index contributed by atoms with van der Waals surface area (Å²) < 4.78 is 8.50. The molecular formula is C19H21N5O3. The normalized spacial score (nSPS) is 11.1. The maximum absolute atomic E-state index is 12.2. The molecule has 0 unspecified atom stereocenters. The molecule has 8 heteroatoms. The van der Waals surface area contributed by atoms with E-state index in [9.17, 15) is 4.79 Å². The smallest absolute Gasteiger partial charge is 0.368 e. The van der Waals surface area contributed by atoms with Gasteiger partial charge in [0.25, 0.3) is 0 Å². The number of oxime groups is 1. The largest absolute Gasteiger partial charge is 0.489 e. The molecule has 0 bridgehead atoms. The zero-order valence-electron chi connectivity index (χ0n) is 15.7. The van der Waals surface area contributed by atoms with E-state index in [-0.39, 0.29) is 5.69 Å². The lowest BCUT2D eigenvalue weighted by Crippen LogP contribution is -2.23. The minimum Gasteiger partial charge on any atom is -0.489 e. The maximum atomic E-state index is 12.2. The van der Waals surface area contributed by atoms with Crippen LogP contribution in [0.3, 0.4) is 0 Å². The van der Waals surface area contributed by atoms with E-state index < -0.39 is 0 Å². The van der Waals surface area contributed by atoms with E-state index in [2.05, 4.69) is 15.6 Å². The van der Waals surface area contributed by atoms with Crippen molar-refractivity contribution in [1.82, 2.24) is 19.8 Å². The van der Waals surface area contributed by atoms with Crippen LogP contribution in [-0.4, -0.2) is 33.1 Å². The van der Waals surface area contributed by atoms with Crippen molar-refractivity contribution in [2.75, 3.05) is 7.11 Å². The van der Waals surface area contributed by atoms with Crippen LogP contribution in [0.1, 0.15) is 22.3 Å². The molecule has 0 aliphatic heterocycles. The van der Waals surface area contributed by atoms with E-state index in [1.54, 1.807) is 13.3 Å². The third-order valence-corrected chi connectivity index (χ3v) is 4.21. The Balaban J connectivity index is 1.88. The fourth-order valence-electron chi connectivity index (χ4n) is 2.72. The predicted octanol–water partition coefficient (Wildman–Crippen LogP) is 2.14. The highest BCUT2D eigenvalue weighted by molar-refractivity contribution is 5.79. The van der Waals surface area contributed by atoms with Crippen LogP contribution in [0.25, 0.3) is 5.69 Å². The van der Waals surface area contributed by atoms with Crippen LogP contribution in [0.5, 0.6) is 5.75 Å². The second-order valence-electron chi connectivity index (χ2n) is 6.10. The summed E-state index contributed by atoms with van der Waals surface area (Å²) in [6, 6.07) is 11.4. The molecule has 0 N–H and O–H groups in total. The Bertz CT molecular complexity index is 1040. The lowest BCUT2D eigenvalue weighted by molar-refractivity contribution is 0.215. The molecule has 2 aromatic carbocycles. The van der Waals surface area contributed by atoms with Gasteiger partial charge in [-0.25, -0.2) is 4.79 Å². The molecule has 0 amide bonds. The van der Waals surface area contributed by atoms with E-state index in [0.717, 1.165) is 28.0 Å². The van der Waals surface area contributed by atoms with Gasteiger partial charge in [-0.3, -0.25) is 0 Å². The highest BCUT2D eigenvalue weighted by Crippen LogP contribution is 2.23. The quantitative estimate of drug-likeness (QED) is 0.492. The second kappa shape index (κ2) is 7.86. The Morgan fingerprint density at radius 1 is 1.15 bits per heavy atom. The summed E-state index contributed by atoms with van der Waals surface area (Å²) in [7, 11) is 3.07. The second-order valence-corrected chi connectivity index (χ2v) is 6.10. The Labute approximate surface area is 156 Å². The molecule has 3 aromatic rings. The van der Waals surface area contributed by atoms with Crippen molar-refractivity contribution in [2.24, 2.45) is 12.2 Å². The van der Waals surface area contributed by atoms with Crippen molar-refractivity contribution in [2.45, 2.75) is 20.5 Å². The number of nitrogens with zero attached hydrogens (tertiary/aromatic N) is 5. The van der Waals surface area contributed by atoms with Gasteiger partial charge in [0.1, 0.15) is 19.5 Å². The number of aromatic nitrogens is 4. The third-order valence-electron chi connectivity index (χ3n) is 4.21. The van der Waals surface area contributed by atoms with Crippen LogP contribution < -0.4 is 10.4 Å². The molecule has 1 aromatic heterocycles. The molecule has 3 rings (SSSR count). The minimum absolute atomic E-state index is 0.303. The molecule has 0 aliphatic carbocycles. The van der Waals surface area contributed by atoms with Crippen molar-refractivity contribution in [1.29, 1.82) is 0 Å². The van der Waals surface area contributed by atoms with E-state index in [4.69, 9.17) is 9.57 Å². The highest BCUT2D eigenvalue weighted by atomic mass is 16.6. The number of aryl methyl sites for hydroxylation is 3. The van der Waals surface area contributed by atoms with Crippen molar-refractivity contribution in [3.63, 3.8) is 0 Å². The number of tetrazole rings is 1. The topological polar surface area (TPSA) is 83.5 Å². The van der Waals surface area contributed by atoms with Crippen LogP contribution in [-0.2, 0) is 18.5 Å².